The third kappa shape index (κ3) is 8.15. The van der Waals surface area contributed by atoms with E-state index in [1.165, 1.54) is 12.1 Å². The first-order valence-corrected chi connectivity index (χ1v) is 16.8. The van der Waals surface area contributed by atoms with Crippen LogP contribution < -0.4 is 16.0 Å². The normalized spacial score (nSPS) is 19.0. The van der Waals surface area contributed by atoms with E-state index in [4.69, 9.17) is 0 Å². The van der Waals surface area contributed by atoms with Gasteiger partial charge in [-0.25, -0.2) is 4.39 Å². The summed E-state index contributed by atoms with van der Waals surface area (Å²) in [6.45, 7) is 10.4. The lowest BCUT2D eigenvalue weighted by molar-refractivity contribution is -0.138. The number of benzene rings is 1. The van der Waals surface area contributed by atoms with Gasteiger partial charge >= 0.3 is 0 Å². The van der Waals surface area contributed by atoms with Crippen LogP contribution in [0.5, 0.6) is 0 Å². The average Bonchev–Trinajstić information content (AvgIpc) is 3.37. The van der Waals surface area contributed by atoms with Gasteiger partial charge in [0.2, 0.25) is 17.7 Å². The van der Waals surface area contributed by atoms with Crippen molar-refractivity contribution in [2.75, 3.05) is 38.5 Å². The number of hydrogen-bond donors (Lipinski definition) is 3. The molecule has 1 aliphatic carbocycles. The van der Waals surface area contributed by atoms with Crippen molar-refractivity contribution in [1.82, 2.24) is 25.0 Å². The fourth-order valence-corrected chi connectivity index (χ4v) is 6.66. The van der Waals surface area contributed by atoms with Crippen molar-refractivity contribution in [3.63, 3.8) is 0 Å². The van der Waals surface area contributed by atoms with Crippen LogP contribution in [0.25, 0.3) is 0 Å². The first kappa shape index (κ1) is 35.1. The minimum Gasteiger partial charge on any atom is -0.344 e. The van der Waals surface area contributed by atoms with Crippen LogP contribution in [0.3, 0.4) is 0 Å². The number of halogens is 1. The van der Waals surface area contributed by atoms with Crippen LogP contribution >= 0.6 is 0 Å². The Morgan fingerprint density at radius 3 is 2.28 bits per heavy atom. The summed E-state index contributed by atoms with van der Waals surface area (Å²) in [5.74, 6) is -2.55. The minimum absolute atomic E-state index is 0.00785. The summed E-state index contributed by atoms with van der Waals surface area (Å²) in [6.07, 6.45) is 7.68. The van der Waals surface area contributed by atoms with Gasteiger partial charge in [0.1, 0.15) is 23.1 Å². The zero-order valence-electron chi connectivity index (χ0n) is 28.0. The highest BCUT2D eigenvalue weighted by Gasteiger charge is 2.43. The van der Waals surface area contributed by atoms with Gasteiger partial charge < -0.3 is 30.3 Å². The van der Waals surface area contributed by atoms with Gasteiger partial charge in [0.15, 0.2) is 0 Å². The van der Waals surface area contributed by atoms with E-state index in [0.29, 0.717) is 30.9 Å². The Kier molecular flexibility index (Phi) is 12.0. The van der Waals surface area contributed by atoms with Crippen molar-refractivity contribution in [3.05, 3.63) is 53.6 Å². The van der Waals surface area contributed by atoms with E-state index < -0.39 is 29.2 Å². The predicted molar refractivity (Wildman–Crippen MR) is 177 cm³/mol. The fourth-order valence-electron chi connectivity index (χ4n) is 6.66. The largest absolute Gasteiger partial charge is 0.344 e. The van der Waals surface area contributed by atoms with Crippen LogP contribution in [0.15, 0.2) is 36.5 Å². The number of carbonyl (C=O) groups excluding carboxylic acids is 4. The topological polar surface area (TPSA) is 116 Å². The molecule has 1 saturated heterocycles. The molecule has 252 valence electrons. The van der Waals surface area contributed by atoms with E-state index >= 15 is 4.39 Å². The number of aromatic nitrogens is 1. The molecule has 1 aromatic carbocycles. The summed E-state index contributed by atoms with van der Waals surface area (Å²) in [7, 11) is 2.00. The number of amides is 4. The molecule has 0 bridgehead atoms. The van der Waals surface area contributed by atoms with Crippen LogP contribution in [0.1, 0.15) is 94.6 Å². The van der Waals surface area contributed by atoms with Gasteiger partial charge in [0, 0.05) is 51.3 Å². The lowest BCUT2D eigenvalue weighted by atomic mass is 9.79. The number of anilines is 1. The molecule has 4 amide bonds. The molecule has 1 saturated carbocycles. The van der Waals surface area contributed by atoms with Crippen molar-refractivity contribution in [2.24, 2.45) is 5.92 Å². The van der Waals surface area contributed by atoms with Gasteiger partial charge in [0.05, 0.1) is 5.69 Å². The zero-order valence-corrected chi connectivity index (χ0v) is 28.0. The molecule has 46 heavy (non-hydrogen) atoms. The predicted octanol–water partition coefficient (Wildman–Crippen LogP) is 4.52. The van der Waals surface area contributed by atoms with Crippen molar-refractivity contribution < 1.29 is 23.6 Å². The highest BCUT2D eigenvalue weighted by atomic mass is 19.1. The SMILES string of the molecule is CCC(=O)N[C@@H](C(=O)N1CCN(C)CC1)[C@@H](C)c1ccc(NC(=O)[C@](C)(NC(=O)c2cccn2CC)C2CCCCCC2)c(F)c1. The number of nitrogens with one attached hydrogen (secondary N) is 3. The Morgan fingerprint density at radius 1 is 1.00 bits per heavy atom. The number of nitrogens with zero attached hydrogens (tertiary/aromatic N) is 3. The summed E-state index contributed by atoms with van der Waals surface area (Å²) in [5, 5.41) is 8.68. The summed E-state index contributed by atoms with van der Waals surface area (Å²) in [6, 6.07) is 7.17. The number of hydrogen-bond acceptors (Lipinski definition) is 5. The molecule has 0 radical (unpaired) electrons. The molecule has 3 N–H and O–H groups in total. The van der Waals surface area contributed by atoms with E-state index in [9.17, 15) is 19.2 Å². The lowest BCUT2D eigenvalue weighted by Gasteiger charge is -2.37. The van der Waals surface area contributed by atoms with Crippen molar-refractivity contribution in [1.29, 1.82) is 0 Å². The molecule has 11 heteroatoms. The van der Waals surface area contributed by atoms with Gasteiger partial charge in [-0.3, -0.25) is 19.2 Å². The van der Waals surface area contributed by atoms with E-state index in [1.807, 2.05) is 24.7 Å². The van der Waals surface area contributed by atoms with Crippen molar-refractivity contribution in [3.8, 4) is 0 Å². The maximum atomic E-state index is 15.7. The Labute approximate surface area is 272 Å². The Morgan fingerprint density at radius 2 is 1.67 bits per heavy atom. The molecule has 0 unspecified atom stereocenters. The zero-order chi connectivity index (χ0) is 33.4. The van der Waals surface area contributed by atoms with E-state index in [-0.39, 0.29) is 35.7 Å². The van der Waals surface area contributed by atoms with Crippen LogP contribution in [0.4, 0.5) is 10.1 Å². The molecule has 0 spiro atoms. The first-order valence-electron chi connectivity index (χ1n) is 16.8. The van der Waals surface area contributed by atoms with Gasteiger partial charge in [-0.05, 0) is 69.5 Å². The van der Waals surface area contributed by atoms with Gasteiger partial charge in [-0.15, -0.1) is 0 Å². The van der Waals surface area contributed by atoms with Crippen LogP contribution in [-0.2, 0) is 20.9 Å². The third-order valence-electron chi connectivity index (χ3n) is 9.91. The molecule has 2 aromatic rings. The van der Waals surface area contributed by atoms with Crippen molar-refractivity contribution >= 4 is 29.3 Å². The van der Waals surface area contributed by atoms with Gasteiger partial charge in [0.25, 0.3) is 5.91 Å². The van der Waals surface area contributed by atoms with E-state index in [0.717, 1.165) is 51.6 Å². The number of rotatable bonds is 11. The number of carbonyl (C=O) groups is 4. The molecule has 3 atom stereocenters. The number of likely N-dealkylation sites (N-methyl/N-ethyl adjacent to an activating group) is 1. The standard InChI is InChI=1S/C35H51FN6O4/c1-6-30(43)38-31(33(45)42-21-19-40(5)20-22-42)24(3)25-16-17-28(27(36)23-25)37-34(46)35(4,26-13-10-8-9-11-14-26)39-32(44)29-15-12-18-41(29)7-2/h12,15-18,23-24,26,31H,6-11,13-14,19-22H2,1-5H3,(H,37,46)(H,38,43)(H,39,44)/t24-,31+,35+/m0/s1. The van der Waals surface area contributed by atoms with Gasteiger partial charge in [-0.1, -0.05) is 45.6 Å². The Balaban J connectivity index is 1.56. The molecular weight excluding hydrogens is 587 g/mol. The second-order valence-electron chi connectivity index (χ2n) is 13.0. The molecule has 4 rings (SSSR count). The van der Waals surface area contributed by atoms with Gasteiger partial charge in [-0.2, -0.15) is 0 Å². The van der Waals surface area contributed by atoms with Crippen LogP contribution in [0.2, 0.25) is 0 Å². The fraction of sp³-hybridized carbons (Fsp3) is 0.600. The Bertz CT molecular complexity index is 1380. The maximum Gasteiger partial charge on any atom is 0.268 e. The minimum atomic E-state index is -1.27. The lowest BCUT2D eigenvalue weighted by Crippen LogP contribution is -2.59. The van der Waals surface area contributed by atoms with Crippen LogP contribution in [0, 0.1) is 11.7 Å². The summed E-state index contributed by atoms with van der Waals surface area (Å²) < 4.78 is 17.6. The second-order valence-corrected chi connectivity index (χ2v) is 13.0. The Hall–Kier alpha value is -3.73. The summed E-state index contributed by atoms with van der Waals surface area (Å²) >= 11 is 0. The highest BCUT2D eigenvalue weighted by Crippen LogP contribution is 2.34. The van der Waals surface area contributed by atoms with Crippen LogP contribution in [-0.4, -0.2) is 82.8 Å². The molecule has 2 heterocycles. The van der Waals surface area contributed by atoms with E-state index in [1.54, 1.807) is 43.9 Å². The van der Waals surface area contributed by atoms with E-state index in [2.05, 4.69) is 20.9 Å². The second kappa shape index (κ2) is 15.7. The molecular formula is C35H51FN6O4. The molecule has 2 aliphatic rings. The number of piperazine rings is 1. The molecule has 2 fully saturated rings. The highest BCUT2D eigenvalue weighted by molar-refractivity contribution is 6.03. The molecule has 1 aliphatic heterocycles. The quantitative estimate of drug-likeness (QED) is 0.313. The third-order valence-corrected chi connectivity index (χ3v) is 9.91. The molecule has 1 aromatic heterocycles. The summed E-state index contributed by atoms with van der Waals surface area (Å²) in [5.41, 5.74) is -0.283. The maximum absolute atomic E-state index is 15.7. The first-order chi connectivity index (χ1) is 22.0. The average molecular weight is 639 g/mol. The summed E-state index contributed by atoms with van der Waals surface area (Å²) in [4.78, 5) is 57.4. The monoisotopic (exact) mass is 638 g/mol. The number of aryl methyl sites for hydroxylation is 1. The van der Waals surface area contributed by atoms with Crippen molar-refractivity contribution in [2.45, 2.75) is 96.7 Å². The smallest absolute Gasteiger partial charge is 0.268 e. The molecule has 10 nitrogen and oxygen atoms in total.